The number of amides is 1. The molecule has 0 bridgehead atoms. The van der Waals surface area contributed by atoms with Gasteiger partial charge >= 0.3 is 0 Å². The van der Waals surface area contributed by atoms with Crippen LogP contribution in [0.5, 0.6) is 0 Å². The number of benzene rings is 1. The number of hydrogen-bond acceptors (Lipinski definition) is 1. The Labute approximate surface area is 121 Å². The molecule has 0 aromatic heterocycles. The van der Waals surface area contributed by atoms with E-state index in [0.717, 1.165) is 18.5 Å². The maximum atomic E-state index is 12.7. The summed E-state index contributed by atoms with van der Waals surface area (Å²) in [6, 6.07) is 6.09. The molecule has 2 atom stereocenters. The molecular weight excluding hydrogens is 309 g/mol. The van der Waals surface area contributed by atoms with Gasteiger partial charge in [-0.05, 0) is 42.9 Å². The Morgan fingerprint density at radius 1 is 1.32 bits per heavy atom. The second-order valence-corrected chi connectivity index (χ2v) is 6.53. The monoisotopic (exact) mass is 327 g/mol. The van der Waals surface area contributed by atoms with E-state index in [1.807, 2.05) is 0 Å². The molecule has 4 heteroatoms. The number of alkyl halides is 1. The Balaban J connectivity index is 1.73. The van der Waals surface area contributed by atoms with Gasteiger partial charge in [-0.15, -0.1) is 0 Å². The minimum atomic E-state index is -0.269. The molecule has 1 N–H and O–H groups in total. The second-order valence-electron chi connectivity index (χ2n) is 5.24. The van der Waals surface area contributed by atoms with E-state index in [2.05, 4.69) is 21.2 Å². The lowest BCUT2D eigenvalue weighted by atomic mass is 9.89. The Kier molecular flexibility index (Phi) is 5.37. The fourth-order valence-electron chi connectivity index (χ4n) is 2.52. The average Bonchev–Trinajstić information content (AvgIpc) is 2.39. The van der Waals surface area contributed by atoms with Crippen LogP contribution in [-0.2, 0) is 11.2 Å². The molecule has 0 spiro atoms. The van der Waals surface area contributed by atoms with E-state index >= 15 is 0 Å². The fraction of sp³-hybridized carbons (Fsp3) is 0.533. The summed E-state index contributed by atoms with van der Waals surface area (Å²) >= 11 is 3.65. The van der Waals surface area contributed by atoms with Crippen LogP contribution in [0.3, 0.4) is 0 Å². The normalized spacial score (nSPS) is 23.1. The molecule has 0 saturated heterocycles. The molecule has 2 rings (SSSR count). The highest BCUT2D eigenvalue weighted by Crippen LogP contribution is 2.28. The molecule has 1 aromatic rings. The van der Waals surface area contributed by atoms with Gasteiger partial charge in [-0.25, -0.2) is 4.39 Å². The van der Waals surface area contributed by atoms with Crippen molar-refractivity contribution in [1.82, 2.24) is 5.32 Å². The number of carbonyl (C=O) groups excluding carboxylic acids is 1. The van der Waals surface area contributed by atoms with Crippen molar-refractivity contribution in [3.8, 4) is 0 Å². The third kappa shape index (κ3) is 4.94. The van der Waals surface area contributed by atoms with Crippen molar-refractivity contribution in [2.75, 3.05) is 6.54 Å². The topological polar surface area (TPSA) is 29.1 Å². The van der Waals surface area contributed by atoms with E-state index < -0.39 is 0 Å². The summed E-state index contributed by atoms with van der Waals surface area (Å²) in [5.74, 6) is 0.327. The van der Waals surface area contributed by atoms with Gasteiger partial charge in [-0.2, -0.15) is 0 Å². The van der Waals surface area contributed by atoms with Crippen LogP contribution in [0.15, 0.2) is 24.3 Å². The van der Waals surface area contributed by atoms with Gasteiger partial charge in [0.05, 0.1) is 6.42 Å². The lowest BCUT2D eigenvalue weighted by Crippen LogP contribution is -2.32. The average molecular weight is 328 g/mol. The third-order valence-corrected chi connectivity index (χ3v) is 4.42. The maximum absolute atomic E-state index is 12.7. The highest BCUT2D eigenvalue weighted by atomic mass is 79.9. The molecule has 0 aliphatic heterocycles. The number of rotatable bonds is 4. The first-order valence-electron chi connectivity index (χ1n) is 6.78. The molecule has 2 nitrogen and oxygen atoms in total. The van der Waals surface area contributed by atoms with Crippen molar-refractivity contribution >= 4 is 21.8 Å². The standard InChI is InChI=1S/C15H19BrFNO/c16-13-3-1-2-12(8-13)10-18-15(19)9-11-4-6-14(17)7-5-11/h4-7,12-13H,1-3,8-10H2,(H,18,19). The van der Waals surface area contributed by atoms with Crippen molar-refractivity contribution in [2.45, 2.75) is 36.9 Å². The first kappa shape index (κ1) is 14.5. The number of halogens is 2. The summed E-state index contributed by atoms with van der Waals surface area (Å²) in [5.41, 5.74) is 0.848. The molecule has 1 aromatic carbocycles. The van der Waals surface area contributed by atoms with E-state index in [0.29, 0.717) is 17.2 Å². The van der Waals surface area contributed by atoms with E-state index in [1.165, 1.54) is 31.4 Å². The molecule has 1 amide bonds. The molecule has 1 fully saturated rings. The van der Waals surface area contributed by atoms with Gasteiger partial charge in [0.1, 0.15) is 5.82 Å². The Hall–Kier alpha value is -0.900. The van der Waals surface area contributed by atoms with Crippen LogP contribution < -0.4 is 5.32 Å². The van der Waals surface area contributed by atoms with Gasteiger partial charge < -0.3 is 5.32 Å². The van der Waals surface area contributed by atoms with Gasteiger partial charge in [-0.1, -0.05) is 34.5 Å². The molecule has 1 aliphatic rings. The van der Waals surface area contributed by atoms with E-state index in [1.54, 1.807) is 12.1 Å². The van der Waals surface area contributed by atoms with Crippen LogP contribution in [-0.4, -0.2) is 17.3 Å². The third-order valence-electron chi connectivity index (χ3n) is 3.58. The summed E-state index contributed by atoms with van der Waals surface area (Å²) in [6.45, 7) is 0.752. The zero-order valence-corrected chi connectivity index (χ0v) is 12.5. The Morgan fingerprint density at radius 3 is 2.74 bits per heavy atom. The quantitative estimate of drug-likeness (QED) is 0.843. The predicted octanol–water partition coefficient (Wildman–Crippen LogP) is 3.44. The van der Waals surface area contributed by atoms with Gasteiger partial charge in [-0.3, -0.25) is 4.79 Å². The molecule has 0 heterocycles. The Bertz CT molecular complexity index is 421. The largest absolute Gasteiger partial charge is 0.356 e. The van der Waals surface area contributed by atoms with Crippen molar-refractivity contribution in [3.63, 3.8) is 0 Å². The number of carbonyl (C=O) groups is 1. The van der Waals surface area contributed by atoms with Crippen LogP contribution in [0.1, 0.15) is 31.2 Å². The molecule has 104 valence electrons. The van der Waals surface area contributed by atoms with Gasteiger partial charge in [0.15, 0.2) is 0 Å². The summed E-state index contributed by atoms with van der Waals surface area (Å²) in [5, 5.41) is 2.98. The molecule has 19 heavy (non-hydrogen) atoms. The van der Waals surface area contributed by atoms with E-state index in [-0.39, 0.29) is 11.7 Å². The minimum absolute atomic E-state index is 0.0169. The first-order valence-corrected chi connectivity index (χ1v) is 7.70. The van der Waals surface area contributed by atoms with Crippen LogP contribution in [0.4, 0.5) is 4.39 Å². The van der Waals surface area contributed by atoms with Gasteiger partial charge in [0.25, 0.3) is 0 Å². The summed E-state index contributed by atoms with van der Waals surface area (Å²) in [4.78, 5) is 12.4. The molecule has 2 unspecified atom stereocenters. The van der Waals surface area contributed by atoms with E-state index in [4.69, 9.17) is 0 Å². The smallest absolute Gasteiger partial charge is 0.224 e. The maximum Gasteiger partial charge on any atom is 0.224 e. The van der Waals surface area contributed by atoms with Crippen molar-refractivity contribution < 1.29 is 9.18 Å². The zero-order valence-electron chi connectivity index (χ0n) is 10.9. The van der Waals surface area contributed by atoms with Crippen molar-refractivity contribution in [1.29, 1.82) is 0 Å². The first-order chi connectivity index (χ1) is 9.13. The Morgan fingerprint density at radius 2 is 2.05 bits per heavy atom. The van der Waals surface area contributed by atoms with E-state index in [9.17, 15) is 9.18 Å². The lowest BCUT2D eigenvalue weighted by Gasteiger charge is -2.25. The molecule has 0 radical (unpaired) electrons. The molecule has 1 saturated carbocycles. The second kappa shape index (κ2) is 7.04. The minimum Gasteiger partial charge on any atom is -0.356 e. The summed E-state index contributed by atoms with van der Waals surface area (Å²) in [7, 11) is 0. The SMILES string of the molecule is O=C(Cc1ccc(F)cc1)NCC1CCCC(Br)C1. The summed E-state index contributed by atoms with van der Waals surface area (Å²) in [6.07, 6.45) is 5.12. The van der Waals surface area contributed by atoms with Crippen LogP contribution in [0.2, 0.25) is 0 Å². The van der Waals surface area contributed by atoms with Crippen LogP contribution >= 0.6 is 15.9 Å². The highest BCUT2D eigenvalue weighted by molar-refractivity contribution is 9.09. The van der Waals surface area contributed by atoms with Gasteiger partial charge in [0.2, 0.25) is 5.91 Å². The zero-order chi connectivity index (χ0) is 13.7. The lowest BCUT2D eigenvalue weighted by molar-refractivity contribution is -0.120. The fourth-order valence-corrected chi connectivity index (χ4v) is 3.37. The highest BCUT2D eigenvalue weighted by Gasteiger charge is 2.20. The predicted molar refractivity (Wildman–Crippen MR) is 77.8 cm³/mol. The van der Waals surface area contributed by atoms with Crippen molar-refractivity contribution in [3.05, 3.63) is 35.6 Å². The van der Waals surface area contributed by atoms with Gasteiger partial charge in [0, 0.05) is 11.4 Å². The molecule has 1 aliphatic carbocycles. The number of hydrogen-bond donors (Lipinski definition) is 1. The number of nitrogens with one attached hydrogen (secondary N) is 1. The van der Waals surface area contributed by atoms with Crippen LogP contribution in [0, 0.1) is 11.7 Å². The van der Waals surface area contributed by atoms with Crippen molar-refractivity contribution in [2.24, 2.45) is 5.92 Å². The molecular formula is C15H19BrFNO. The summed E-state index contributed by atoms with van der Waals surface area (Å²) < 4.78 is 12.7. The van der Waals surface area contributed by atoms with Crippen LogP contribution in [0.25, 0.3) is 0 Å².